The summed E-state index contributed by atoms with van der Waals surface area (Å²) in [6.07, 6.45) is 0. The Balaban J connectivity index is 5.74. The molecule has 11 nitrogen and oxygen atoms in total. The highest BCUT2D eigenvalue weighted by molar-refractivity contribution is 6.48. The Morgan fingerprint density at radius 2 is 0.800 bits per heavy atom. The van der Waals surface area contributed by atoms with Crippen LogP contribution >= 0.6 is 0 Å². The van der Waals surface area contributed by atoms with Crippen molar-refractivity contribution in [2.24, 2.45) is 11.8 Å². The predicted molar refractivity (Wildman–Crippen MR) is 52.5 cm³/mol. The van der Waals surface area contributed by atoms with Gasteiger partial charge in [0.15, 0.2) is 17.6 Å². The average molecular weight is 290 g/mol. The van der Waals surface area contributed by atoms with E-state index in [0.717, 1.165) is 0 Å². The van der Waals surface area contributed by atoms with Gasteiger partial charge in [0.2, 0.25) is 0 Å². The quantitative estimate of drug-likeness (QED) is 0.267. The lowest BCUT2D eigenvalue weighted by molar-refractivity contribution is -0.164. The van der Waals surface area contributed by atoms with Gasteiger partial charge in [-0.1, -0.05) is 0 Å². The number of carbonyl (C=O) groups is 7. The van der Waals surface area contributed by atoms with Crippen molar-refractivity contribution in [3.05, 3.63) is 0 Å². The van der Waals surface area contributed by atoms with Gasteiger partial charge in [0.1, 0.15) is 0 Å². The molecule has 2 atom stereocenters. The van der Waals surface area contributed by atoms with E-state index in [1.165, 1.54) is 0 Å². The molecule has 0 aliphatic heterocycles. The van der Waals surface area contributed by atoms with E-state index in [0.29, 0.717) is 0 Å². The maximum Gasteiger partial charge on any atom is 0.373 e. The van der Waals surface area contributed by atoms with Crippen molar-refractivity contribution in [2.45, 2.75) is 0 Å². The summed E-state index contributed by atoms with van der Waals surface area (Å²) in [5.41, 5.74) is 0. The fourth-order valence-electron chi connectivity index (χ4n) is 1.14. The summed E-state index contributed by atoms with van der Waals surface area (Å²) < 4.78 is 0. The SMILES string of the molecule is O=C(O)C(=O)C(C(=O)O)C(=O)C(C(=O)O)C(=O)C(=O)O. The fraction of sp³-hybridized carbons (Fsp3) is 0.222. The molecule has 2 unspecified atom stereocenters. The van der Waals surface area contributed by atoms with Gasteiger partial charge < -0.3 is 20.4 Å². The standard InChI is InChI=1S/C9H6O11/c10-3(1(6(13)14)4(11)8(17)18)2(7(15)16)5(12)9(19)20/h1-2H,(H,13,14)(H,15,16)(H,17,18)(H,19,20). The molecule has 0 rings (SSSR count). The van der Waals surface area contributed by atoms with Crippen molar-refractivity contribution in [3.8, 4) is 0 Å². The molecule has 0 aliphatic carbocycles. The lowest BCUT2D eigenvalue weighted by Crippen LogP contribution is -2.46. The number of rotatable bonds is 8. The van der Waals surface area contributed by atoms with E-state index in [4.69, 9.17) is 20.4 Å². The van der Waals surface area contributed by atoms with Gasteiger partial charge in [0.05, 0.1) is 0 Å². The normalized spacial score (nSPS) is 12.8. The van der Waals surface area contributed by atoms with Gasteiger partial charge in [0, 0.05) is 0 Å². The molecule has 0 aromatic carbocycles. The summed E-state index contributed by atoms with van der Waals surface area (Å²) in [7, 11) is 0. The molecule has 0 saturated carbocycles. The van der Waals surface area contributed by atoms with E-state index in [-0.39, 0.29) is 0 Å². The third-order valence-electron chi connectivity index (χ3n) is 2.01. The van der Waals surface area contributed by atoms with Gasteiger partial charge in [0.25, 0.3) is 11.6 Å². The minimum atomic E-state index is -2.99. The number of ketones is 3. The smallest absolute Gasteiger partial charge is 0.373 e. The average Bonchev–Trinajstić information content (AvgIpc) is 2.27. The summed E-state index contributed by atoms with van der Waals surface area (Å²) in [5, 5.41) is 33.7. The van der Waals surface area contributed by atoms with E-state index in [9.17, 15) is 33.6 Å². The Labute approximate surface area is 108 Å². The second-order valence-corrected chi connectivity index (χ2v) is 3.28. The number of aliphatic carboxylic acids is 4. The zero-order valence-corrected chi connectivity index (χ0v) is 9.30. The van der Waals surface area contributed by atoms with Crippen LogP contribution in [-0.2, 0) is 33.6 Å². The minimum Gasteiger partial charge on any atom is -0.480 e. The molecule has 0 heterocycles. The lowest BCUT2D eigenvalue weighted by atomic mass is 9.87. The van der Waals surface area contributed by atoms with Crippen LogP contribution in [0, 0.1) is 11.8 Å². The molecule has 0 aromatic rings. The Bertz CT molecular complexity index is 482. The van der Waals surface area contributed by atoms with Crippen LogP contribution in [0.3, 0.4) is 0 Å². The molecule has 108 valence electrons. The summed E-state index contributed by atoms with van der Waals surface area (Å²) >= 11 is 0. The molecule has 0 amide bonds. The first kappa shape index (κ1) is 16.9. The van der Waals surface area contributed by atoms with Crippen molar-refractivity contribution in [2.75, 3.05) is 0 Å². The van der Waals surface area contributed by atoms with E-state index < -0.39 is 53.1 Å². The van der Waals surface area contributed by atoms with Gasteiger partial charge in [-0.05, 0) is 0 Å². The van der Waals surface area contributed by atoms with Crippen LogP contribution in [0.1, 0.15) is 0 Å². The topological polar surface area (TPSA) is 200 Å². The highest BCUT2D eigenvalue weighted by atomic mass is 16.4. The summed E-state index contributed by atoms with van der Waals surface area (Å²) in [4.78, 5) is 75.4. The molecule has 0 aromatic heterocycles. The van der Waals surface area contributed by atoms with Gasteiger partial charge in [-0.25, -0.2) is 9.59 Å². The molecule has 20 heavy (non-hydrogen) atoms. The molecule has 0 bridgehead atoms. The first-order chi connectivity index (χ1) is 9.02. The van der Waals surface area contributed by atoms with Crippen molar-refractivity contribution in [1.29, 1.82) is 0 Å². The number of hydrogen-bond donors (Lipinski definition) is 4. The molecule has 0 fully saturated rings. The van der Waals surface area contributed by atoms with Crippen molar-refractivity contribution in [1.82, 2.24) is 0 Å². The first-order valence-corrected chi connectivity index (χ1v) is 4.56. The summed E-state index contributed by atoms with van der Waals surface area (Å²) in [6.45, 7) is 0. The molecular formula is C9H6O11. The van der Waals surface area contributed by atoms with E-state index in [1.807, 2.05) is 0 Å². The largest absolute Gasteiger partial charge is 0.480 e. The van der Waals surface area contributed by atoms with E-state index >= 15 is 0 Å². The summed E-state index contributed by atoms with van der Waals surface area (Å²) in [5.74, 6) is -21.8. The molecule has 0 radical (unpaired) electrons. The molecule has 0 saturated heterocycles. The highest BCUT2D eigenvalue weighted by Crippen LogP contribution is 2.12. The van der Waals surface area contributed by atoms with Crippen LogP contribution in [0.4, 0.5) is 0 Å². The second kappa shape index (κ2) is 6.17. The second-order valence-electron chi connectivity index (χ2n) is 3.28. The van der Waals surface area contributed by atoms with Gasteiger partial charge >= 0.3 is 23.9 Å². The Kier molecular flexibility index (Phi) is 5.21. The van der Waals surface area contributed by atoms with Crippen molar-refractivity contribution >= 4 is 41.2 Å². The van der Waals surface area contributed by atoms with Gasteiger partial charge in [-0.2, -0.15) is 0 Å². The Morgan fingerprint density at radius 1 is 0.550 bits per heavy atom. The van der Waals surface area contributed by atoms with Crippen LogP contribution in [0.15, 0.2) is 0 Å². The molecular weight excluding hydrogens is 284 g/mol. The van der Waals surface area contributed by atoms with Crippen LogP contribution < -0.4 is 0 Å². The lowest BCUT2D eigenvalue weighted by Gasteiger charge is -2.12. The Hall–Kier alpha value is -3.11. The first-order valence-electron chi connectivity index (χ1n) is 4.56. The third-order valence-corrected chi connectivity index (χ3v) is 2.01. The molecule has 4 N–H and O–H groups in total. The van der Waals surface area contributed by atoms with Crippen molar-refractivity contribution in [3.63, 3.8) is 0 Å². The number of carbonyl (C=O) groups excluding carboxylic acids is 3. The zero-order chi connectivity index (χ0) is 16.2. The van der Waals surface area contributed by atoms with E-state index in [2.05, 4.69) is 0 Å². The van der Waals surface area contributed by atoms with Crippen LogP contribution in [0.25, 0.3) is 0 Å². The number of hydrogen-bond acceptors (Lipinski definition) is 7. The fourth-order valence-corrected chi connectivity index (χ4v) is 1.14. The maximum atomic E-state index is 11.5. The zero-order valence-electron chi connectivity index (χ0n) is 9.30. The number of carboxylic acid groups (broad SMARTS) is 4. The molecule has 11 heteroatoms. The maximum absolute atomic E-state index is 11.5. The Morgan fingerprint density at radius 3 is 0.950 bits per heavy atom. The predicted octanol–water partition coefficient (Wildman–Crippen LogP) is -2.74. The van der Waals surface area contributed by atoms with Crippen LogP contribution in [0.5, 0.6) is 0 Å². The monoisotopic (exact) mass is 290 g/mol. The number of carboxylic acids is 4. The van der Waals surface area contributed by atoms with Crippen molar-refractivity contribution < 1.29 is 54.0 Å². The van der Waals surface area contributed by atoms with Crippen LogP contribution in [-0.4, -0.2) is 61.7 Å². The van der Waals surface area contributed by atoms with Gasteiger partial charge in [-0.3, -0.25) is 24.0 Å². The van der Waals surface area contributed by atoms with Gasteiger partial charge in [-0.15, -0.1) is 0 Å². The van der Waals surface area contributed by atoms with Crippen LogP contribution in [0.2, 0.25) is 0 Å². The minimum absolute atomic E-state index is 2.15. The number of Topliss-reactive ketones (excluding diaryl/α,β-unsaturated/α-hetero) is 3. The third kappa shape index (κ3) is 3.44. The molecule has 0 spiro atoms. The molecule has 0 aliphatic rings. The van der Waals surface area contributed by atoms with E-state index in [1.54, 1.807) is 0 Å². The highest BCUT2D eigenvalue weighted by Gasteiger charge is 2.48. The summed E-state index contributed by atoms with van der Waals surface area (Å²) in [6, 6.07) is 0.